The normalized spacial score (nSPS) is 13.8. The first-order valence-corrected chi connectivity index (χ1v) is 11.3. The fourth-order valence-electron chi connectivity index (χ4n) is 2.67. The minimum Gasteiger partial charge on any atom is -0.387 e. The van der Waals surface area contributed by atoms with Crippen LogP contribution in [0.25, 0.3) is 0 Å². The van der Waals surface area contributed by atoms with E-state index in [4.69, 9.17) is 9.05 Å². The number of nitrogens with one attached hydrogen (secondary N) is 2. The van der Waals surface area contributed by atoms with Crippen molar-refractivity contribution in [1.29, 1.82) is 0 Å². The lowest BCUT2D eigenvalue weighted by molar-refractivity contribution is 0.412. The van der Waals surface area contributed by atoms with Crippen LogP contribution in [0.2, 0.25) is 0 Å². The third-order valence-corrected chi connectivity index (χ3v) is 6.60. The standard InChI is InChI=1S/C18H28N2O4S2/c1-13(9-15-11-23-19-17(15)21)3-5-25-7-8-26-6-4-14(2)10-16-12-24-20-18(16)22/h11-14H,3-10H2,1-2H3,(H,19,21)(H,20,22). The summed E-state index contributed by atoms with van der Waals surface area (Å²) < 4.78 is 9.62. The molecule has 2 heterocycles. The molecular formula is C18H28N2O4S2. The molecule has 6 nitrogen and oxygen atoms in total. The van der Waals surface area contributed by atoms with Crippen molar-refractivity contribution >= 4 is 23.5 Å². The Morgan fingerprint density at radius 3 is 1.58 bits per heavy atom. The topological polar surface area (TPSA) is 92.0 Å². The van der Waals surface area contributed by atoms with E-state index in [9.17, 15) is 9.59 Å². The highest BCUT2D eigenvalue weighted by atomic mass is 32.2. The van der Waals surface area contributed by atoms with Crippen molar-refractivity contribution in [1.82, 2.24) is 10.3 Å². The molecule has 0 amide bonds. The van der Waals surface area contributed by atoms with Gasteiger partial charge in [0, 0.05) is 11.5 Å². The zero-order chi connectivity index (χ0) is 18.8. The number of rotatable bonds is 13. The zero-order valence-corrected chi connectivity index (χ0v) is 17.0. The van der Waals surface area contributed by atoms with E-state index in [1.807, 2.05) is 23.5 Å². The molecule has 2 N–H and O–H groups in total. The van der Waals surface area contributed by atoms with Gasteiger partial charge in [0.15, 0.2) is 0 Å². The summed E-state index contributed by atoms with van der Waals surface area (Å²) in [6.07, 6.45) is 6.81. The molecule has 0 spiro atoms. The van der Waals surface area contributed by atoms with Crippen LogP contribution in [0.5, 0.6) is 0 Å². The lowest BCUT2D eigenvalue weighted by Gasteiger charge is -2.10. The van der Waals surface area contributed by atoms with Crippen LogP contribution in [-0.4, -0.2) is 33.3 Å². The molecule has 0 radical (unpaired) electrons. The van der Waals surface area contributed by atoms with Crippen LogP contribution in [0.1, 0.15) is 37.8 Å². The maximum absolute atomic E-state index is 11.4. The third-order valence-electron chi connectivity index (χ3n) is 4.31. The van der Waals surface area contributed by atoms with Crippen molar-refractivity contribution in [3.8, 4) is 0 Å². The number of aromatic amines is 2. The van der Waals surface area contributed by atoms with Crippen LogP contribution >= 0.6 is 23.5 Å². The molecule has 2 aromatic heterocycles. The molecule has 2 unspecified atom stereocenters. The van der Waals surface area contributed by atoms with Gasteiger partial charge in [0.2, 0.25) is 0 Å². The molecule has 0 bridgehead atoms. The van der Waals surface area contributed by atoms with Crippen molar-refractivity contribution < 1.29 is 9.05 Å². The van der Waals surface area contributed by atoms with Gasteiger partial charge < -0.3 is 9.05 Å². The van der Waals surface area contributed by atoms with Gasteiger partial charge in [-0.3, -0.25) is 9.59 Å². The van der Waals surface area contributed by atoms with E-state index >= 15 is 0 Å². The average molecular weight is 401 g/mol. The molecule has 2 atom stereocenters. The van der Waals surface area contributed by atoms with E-state index in [1.54, 1.807) is 0 Å². The molecule has 0 aliphatic carbocycles. The van der Waals surface area contributed by atoms with E-state index in [0.717, 1.165) is 59.8 Å². The summed E-state index contributed by atoms with van der Waals surface area (Å²) in [5.41, 5.74) is 1.27. The monoisotopic (exact) mass is 400 g/mol. The SMILES string of the molecule is CC(CCSCCSCCC(C)Cc1co[nH]c1=O)Cc1co[nH]c1=O. The lowest BCUT2D eigenvalue weighted by atomic mass is 10.0. The molecule has 0 aliphatic rings. The second kappa shape index (κ2) is 11.4. The van der Waals surface area contributed by atoms with Crippen LogP contribution < -0.4 is 11.1 Å². The first-order valence-electron chi connectivity index (χ1n) is 9.01. The highest BCUT2D eigenvalue weighted by molar-refractivity contribution is 8.02. The van der Waals surface area contributed by atoms with Crippen molar-refractivity contribution in [2.24, 2.45) is 11.8 Å². The Hall–Kier alpha value is -1.28. The van der Waals surface area contributed by atoms with Gasteiger partial charge in [-0.05, 0) is 49.0 Å². The molecule has 0 fully saturated rings. The molecule has 0 aliphatic heterocycles. The van der Waals surface area contributed by atoms with E-state index in [0.29, 0.717) is 11.8 Å². The maximum Gasteiger partial charge on any atom is 0.283 e. The molecular weight excluding hydrogens is 372 g/mol. The minimum absolute atomic E-state index is 0.104. The molecule has 0 aromatic carbocycles. The van der Waals surface area contributed by atoms with Gasteiger partial charge in [-0.1, -0.05) is 13.8 Å². The van der Waals surface area contributed by atoms with Gasteiger partial charge in [0.05, 0.1) is 11.1 Å². The van der Waals surface area contributed by atoms with E-state index < -0.39 is 0 Å². The molecule has 8 heteroatoms. The van der Waals surface area contributed by atoms with Crippen LogP contribution in [0, 0.1) is 11.8 Å². The summed E-state index contributed by atoms with van der Waals surface area (Å²) in [5.74, 6) is 5.52. The van der Waals surface area contributed by atoms with E-state index in [1.165, 1.54) is 12.5 Å². The first kappa shape index (κ1) is 21.0. The summed E-state index contributed by atoms with van der Waals surface area (Å²) in [7, 11) is 0. The van der Waals surface area contributed by atoms with E-state index in [2.05, 4.69) is 24.2 Å². The van der Waals surface area contributed by atoms with Crippen molar-refractivity contribution in [2.45, 2.75) is 39.5 Å². The maximum atomic E-state index is 11.4. The third kappa shape index (κ3) is 7.53. The van der Waals surface area contributed by atoms with Crippen LogP contribution in [0.15, 0.2) is 31.2 Å². The summed E-state index contributed by atoms with van der Waals surface area (Å²) in [6.45, 7) is 4.35. The van der Waals surface area contributed by atoms with Gasteiger partial charge >= 0.3 is 0 Å². The number of hydrogen-bond donors (Lipinski definition) is 2. The predicted octanol–water partition coefficient (Wildman–Crippen LogP) is 3.55. The second-order valence-corrected chi connectivity index (χ2v) is 9.25. The first-order chi connectivity index (χ1) is 12.6. The van der Waals surface area contributed by atoms with Gasteiger partial charge in [0.25, 0.3) is 11.1 Å². The summed E-state index contributed by atoms with van der Waals surface area (Å²) in [5, 5.41) is 4.66. The Morgan fingerprint density at radius 1 is 0.808 bits per heavy atom. The lowest BCUT2D eigenvalue weighted by Crippen LogP contribution is -2.10. The number of aromatic nitrogens is 2. The van der Waals surface area contributed by atoms with Gasteiger partial charge in [-0.2, -0.15) is 33.8 Å². The fraction of sp³-hybridized carbons (Fsp3) is 0.667. The minimum atomic E-state index is -0.104. The fourth-order valence-corrected chi connectivity index (χ4v) is 5.16. The summed E-state index contributed by atoms with van der Waals surface area (Å²) >= 11 is 3.95. The van der Waals surface area contributed by atoms with Gasteiger partial charge in [-0.25, -0.2) is 0 Å². The molecule has 0 saturated heterocycles. The van der Waals surface area contributed by atoms with Crippen LogP contribution in [-0.2, 0) is 12.8 Å². The zero-order valence-electron chi connectivity index (χ0n) is 15.4. The second-order valence-electron chi connectivity index (χ2n) is 6.80. The Balaban J connectivity index is 1.44. The molecule has 0 saturated carbocycles. The average Bonchev–Trinajstić information content (AvgIpc) is 3.19. The van der Waals surface area contributed by atoms with Crippen molar-refractivity contribution in [3.05, 3.63) is 44.4 Å². The van der Waals surface area contributed by atoms with Crippen LogP contribution in [0.3, 0.4) is 0 Å². The van der Waals surface area contributed by atoms with Crippen LogP contribution in [0.4, 0.5) is 0 Å². The van der Waals surface area contributed by atoms with Crippen molar-refractivity contribution in [3.63, 3.8) is 0 Å². The smallest absolute Gasteiger partial charge is 0.283 e. The Bertz CT molecular complexity index is 671. The summed E-state index contributed by atoms with van der Waals surface area (Å²) in [6, 6.07) is 0. The molecule has 26 heavy (non-hydrogen) atoms. The van der Waals surface area contributed by atoms with Crippen molar-refractivity contribution in [2.75, 3.05) is 23.0 Å². The largest absolute Gasteiger partial charge is 0.387 e. The quantitative estimate of drug-likeness (QED) is 0.500. The molecule has 2 rings (SSSR count). The number of hydrogen-bond acceptors (Lipinski definition) is 6. The highest BCUT2D eigenvalue weighted by Gasteiger charge is 2.10. The number of thioether (sulfide) groups is 2. The predicted molar refractivity (Wildman–Crippen MR) is 108 cm³/mol. The van der Waals surface area contributed by atoms with Gasteiger partial charge in [0.1, 0.15) is 12.5 Å². The summed E-state index contributed by atoms with van der Waals surface area (Å²) in [4.78, 5) is 22.8. The Labute approximate surface area is 161 Å². The highest BCUT2D eigenvalue weighted by Crippen LogP contribution is 2.17. The Morgan fingerprint density at radius 2 is 1.23 bits per heavy atom. The molecule has 2 aromatic rings. The number of H-pyrrole nitrogens is 2. The van der Waals surface area contributed by atoms with E-state index in [-0.39, 0.29) is 11.1 Å². The molecule has 146 valence electrons. The van der Waals surface area contributed by atoms with Gasteiger partial charge in [-0.15, -0.1) is 0 Å². The Kier molecular flexibility index (Phi) is 9.25.